The summed E-state index contributed by atoms with van der Waals surface area (Å²) < 4.78 is 10.5. The molecular formula is C22H25NO5. The van der Waals surface area contributed by atoms with Gasteiger partial charge in [0.05, 0.1) is 0 Å². The molecule has 1 N–H and O–H groups in total. The summed E-state index contributed by atoms with van der Waals surface area (Å²) in [6.45, 7) is 6.81. The summed E-state index contributed by atoms with van der Waals surface area (Å²) in [6.07, 6.45) is -1.000. The molecule has 1 amide bonds. The summed E-state index contributed by atoms with van der Waals surface area (Å²) in [4.78, 5) is 35.5. The predicted molar refractivity (Wildman–Crippen MR) is 107 cm³/mol. The van der Waals surface area contributed by atoms with E-state index in [0.717, 1.165) is 0 Å². The van der Waals surface area contributed by atoms with Crippen molar-refractivity contribution < 1.29 is 23.9 Å². The van der Waals surface area contributed by atoms with Crippen molar-refractivity contribution in [3.63, 3.8) is 0 Å². The summed E-state index contributed by atoms with van der Waals surface area (Å²) in [6, 6.07) is 14.0. The number of carbonyl (C=O) groups is 3. The molecule has 1 atom stereocenters. The van der Waals surface area contributed by atoms with Crippen LogP contribution in [-0.4, -0.2) is 30.4 Å². The molecule has 148 valence electrons. The number of benzene rings is 2. The number of carbonyl (C=O) groups excluding carboxylic acids is 3. The Balaban J connectivity index is 1.83. The smallest absolute Gasteiger partial charge is 0.344 e. The lowest BCUT2D eigenvalue weighted by atomic mass is 10.0. The van der Waals surface area contributed by atoms with Crippen LogP contribution < -0.4 is 10.1 Å². The van der Waals surface area contributed by atoms with Gasteiger partial charge >= 0.3 is 5.97 Å². The van der Waals surface area contributed by atoms with Gasteiger partial charge in [0.15, 0.2) is 18.5 Å². The van der Waals surface area contributed by atoms with Crippen molar-refractivity contribution in [1.29, 1.82) is 0 Å². The first-order valence-electron chi connectivity index (χ1n) is 9.10. The average Bonchev–Trinajstić information content (AvgIpc) is 2.66. The number of Topliss-reactive ketones (excluding diaryl/α,β-unsaturated/α-hetero) is 1. The first-order chi connectivity index (χ1) is 13.3. The second-order valence-electron chi connectivity index (χ2n) is 6.77. The zero-order valence-electron chi connectivity index (χ0n) is 16.5. The minimum atomic E-state index is -1.000. The Labute approximate surface area is 164 Å². The molecule has 0 unspecified atom stereocenters. The Morgan fingerprint density at radius 2 is 1.68 bits per heavy atom. The van der Waals surface area contributed by atoms with E-state index in [4.69, 9.17) is 9.47 Å². The van der Waals surface area contributed by atoms with E-state index in [9.17, 15) is 14.4 Å². The highest BCUT2D eigenvalue weighted by Gasteiger charge is 2.18. The number of anilines is 1. The van der Waals surface area contributed by atoms with Gasteiger partial charge in [0, 0.05) is 11.3 Å². The maximum Gasteiger partial charge on any atom is 0.344 e. The van der Waals surface area contributed by atoms with E-state index in [1.807, 2.05) is 12.1 Å². The van der Waals surface area contributed by atoms with E-state index in [1.54, 1.807) is 36.4 Å². The summed E-state index contributed by atoms with van der Waals surface area (Å²) in [5, 5.41) is 2.62. The van der Waals surface area contributed by atoms with Gasteiger partial charge in [-0.15, -0.1) is 0 Å². The molecule has 2 aromatic rings. The molecule has 0 fully saturated rings. The van der Waals surface area contributed by atoms with E-state index in [0.29, 0.717) is 22.9 Å². The van der Waals surface area contributed by atoms with Gasteiger partial charge in [0.2, 0.25) is 0 Å². The molecule has 0 heterocycles. The summed E-state index contributed by atoms with van der Waals surface area (Å²) in [5.41, 5.74) is 2.12. The van der Waals surface area contributed by atoms with Gasteiger partial charge in [0.1, 0.15) is 5.75 Å². The largest absolute Gasteiger partial charge is 0.482 e. The van der Waals surface area contributed by atoms with Crippen LogP contribution in [0.4, 0.5) is 5.69 Å². The number of hydrogen-bond donors (Lipinski definition) is 1. The third-order valence-electron chi connectivity index (χ3n) is 4.12. The Morgan fingerprint density at radius 3 is 2.29 bits per heavy atom. The number of rotatable bonds is 8. The molecule has 0 radical (unpaired) electrons. The van der Waals surface area contributed by atoms with Crippen molar-refractivity contribution in [1.82, 2.24) is 0 Å². The van der Waals surface area contributed by atoms with Crippen molar-refractivity contribution in [2.75, 3.05) is 11.9 Å². The van der Waals surface area contributed by atoms with E-state index in [1.165, 1.54) is 19.4 Å². The molecule has 0 aliphatic rings. The van der Waals surface area contributed by atoms with Crippen molar-refractivity contribution >= 4 is 23.3 Å². The fourth-order valence-electron chi connectivity index (χ4n) is 2.44. The van der Waals surface area contributed by atoms with Crippen LogP contribution in [0.3, 0.4) is 0 Å². The van der Waals surface area contributed by atoms with Gasteiger partial charge in [-0.1, -0.05) is 38.1 Å². The normalized spacial score (nSPS) is 11.6. The highest BCUT2D eigenvalue weighted by Crippen LogP contribution is 2.18. The third-order valence-corrected chi connectivity index (χ3v) is 4.12. The monoisotopic (exact) mass is 383 g/mol. The number of hydrogen-bond acceptors (Lipinski definition) is 5. The second kappa shape index (κ2) is 9.69. The number of ether oxygens (including phenoxy) is 2. The molecule has 6 nitrogen and oxygen atoms in total. The van der Waals surface area contributed by atoms with Crippen LogP contribution in [0.5, 0.6) is 5.75 Å². The van der Waals surface area contributed by atoms with Crippen molar-refractivity contribution in [2.24, 2.45) is 0 Å². The molecule has 0 saturated carbocycles. The van der Waals surface area contributed by atoms with Gasteiger partial charge in [0.25, 0.3) is 5.91 Å². The molecule has 0 spiro atoms. The number of esters is 1. The van der Waals surface area contributed by atoms with Crippen LogP contribution in [0.15, 0.2) is 48.5 Å². The molecule has 2 rings (SSSR count). The van der Waals surface area contributed by atoms with Crippen LogP contribution in [0, 0.1) is 0 Å². The Hall–Kier alpha value is -3.15. The SMILES string of the molecule is CC(=O)c1cccc(NC(=O)[C@@H](C)OC(=O)COc2ccc(C(C)C)cc2)c1. The van der Waals surface area contributed by atoms with Gasteiger partial charge in [-0.3, -0.25) is 9.59 Å². The van der Waals surface area contributed by atoms with Crippen molar-refractivity contribution in [2.45, 2.75) is 39.7 Å². The van der Waals surface area contributed by atoms with Gasteiger partial charge in [-0.2, -0.15) is 0 Å². The number of nitrogens with one attached hydrogen (secondary N) is 1. The minimum Gasteiger partial charge on any atom is -0.482 e. The van der Waals surface area contributed by atoms with Crippen LogP contribution in [0.2, 0.25) is 0 Å². The fraction of sp³-hybridized carbons (Fsp3) is 0.318. The topological polar surface area (TPSA) is 81.7 Å². The summed E-state index contributed by atoms with van der Waals surface area (Å²) in [5.74, 6) is -0.272. The molecule has 0 bridgehead atoms. The van der Waals surface area contributed by atoms with E-state index in [-0.39, 0.29) is 12.4 Å². The fourth-order valence-corrected chi connectivity index (χ4v) is 2.44. The number of amides is 1. The molecule has 0 aromatic heterocycles. The predicted octanol–water partition coefficient (Wildman–Crippen LogP) is 3.96. The lowest BCUT2D eigenvalue weighted by Crippen LogP contribution is -2.31. The van der Waals surface area contributed by atoms with Crippen molar-refractivity contribution in [3.05, 3.63) is 59.7 Å². The first-order valence-corrected chi connectivity index (χ1v) is 9.10. The van der Waals surface area contributed by atoms with Gasteiger partial charge in [-0.05, 0) is 49.6 Å². The maximum absolute atomic E-state index is 12.2. The van der Waals surface area contributed by atoms with Crippen molar-refractivity contribution in [3.8, 4) is 5.75 Å². The van der Waals surface area contributed by atoms with E-state index >= 15 is 0 Å². The van der Waals surface area contributed by atoms with Gasteiger partial charge in [-0.25, -0.2) is 4.79 Å². The lowest BCUT2D eigenvalue weighted by Gasteiger charge is -2.14. The Morgan fingerprint density at radius 1 is 1.00 bits per heavy atom. The van der Waals surface area contributed by atoms with Crippen LogP contribution in [0.1, 0.15) is 49.5 Å². The zero-order chi connectivity index (χ0) is 20.7. The van der Waals surface area contributed by atoms with E-state index in [2.05, 4.69) is 19.2 Å². The van der Waals surface area contributed by atoms with Crippen LogP contribution >= 0.6 is 0 Å². The molecule has 0 aliphatic heterocycles. The summed E-state index contributed by atoms with van der Waals surface area (Å²) in [7, 11) is 0. The van der Waals surface area contributed by atoms with E-state index < -0.39 is 18.0 Å². The zero-order valence-corrected chi connectivity index (χ0v) is 16.5. The standard InChI is InChI=1S/C22H25NO5/c1-14(2)17-8-10-20(11-9-17)27-13-21(25)28-16(4)22(26)23-19-7-5-6-18(12-19)15(3)24/h5-12,14,16H,13H2,1-4H3,(H,23,26)/t16-/m1/s1. The molecule has 0 aliphatic carbocycles. The van der Waals surface area contributed by atoms with Crippen LogP contribution in [0.25, 0.3) is 0 Å². The third kappa shape index (κ3) is 6.23. The molecular weight excluding hydrogens is 358 g/mol. The second-order valence-corrected chi connectivity index (χ2v) is 6.77. The quantitative estimate of drug-likeness (QED) is 0.551. The minimum absolute atomic E-state index is 0.103. The summed E-state index contributed by atoms with van der Waals surface area (Å²) >= 11 is 0. The molecule has 2 aromatic carbocycles. The molecule has 6 heteroatoms. The highest BCUT2D eigenvalue weighted by molar-refractivity contribution is 5.98. The molecule has 0 saturated heterocycles. The van der Waals surface area contributed by atoms with Gasteiger partial charge < -0.3 is 14.8 Å². The number of ketones is 1. The average molecular weight is 383 g/mol. The maximum atomic E-state index is 12.2. The van der Waals surface area contributed by atoms with Crippen LogP contribution in [-0.2, 0) is 14.3 Å². The first kappa shape index (κ1) is 21.2. The lowest BCUT2D eigenvalue weighted by molar-refractivity contribution is -0.155. The highest BCUT2D eigenvalue weighted by atomic mass is 16.6. The Bertz CT molecular complexity index is 842. The molecule has 28 heavy (non-hydrogen) atoms. The Kier molecular flexibility index (Phi) is 7.32.